The third-order valence-corrected chi connectivity index (χ3v) is 3.52. The van der Waals surface area contributed by atoms with Gasteiger partial charge >= 0.3 is 0 Å². The van der Waals surface area contributed by atoms with Gasteiger partial charge in [0.15, 0.2) is 0 Å². The number of hydrazone groups is 1. The Balaban J connectivity index is 2.10. The van der Waals surface area contributed by atoms with Crippen LogP contribution >= 0.6 is 11.6 Å². The molecule has 5 nitrogen and oxygen atoms in total. The molecule has 0 aliphatic heterocycles. The lowest BCUT2D eigenvalue weighted by molar-refractivity contribution is 0.559. The van der Waals surface area contributed by atoms with Gasteiger partial charge in [0.05, 0.1) is 17.4 Å². The average molecular weight is 285 g/mol. The Labute approximate surface area is 109 Å². The minimum absolute atomic E-state index is 0.0866. The molecule has 2 rings (SSSR count). The Morgan fingerprint density at radius 1 is 1.22 bits per heavy atom. The molecule has 18 heavy (non-hydrogen) atoms. The summed E-state index contributed by atoms with van der Waals surface area (Å²) in [4.78, 5) is 2.16. The molecule has 0 aliphatic carbocycles. The summed E-state index contributed by atoms with van der Waals surface area (Å²) in [5, 5.41) is 4.06. The summed E-state index contributed by atoms with van der Waals surface area (Å²) in [6.45, 7) is 0. The summed E-state index contributed by atoms with van der Waals surface area (Å²) < 4.78 is 28.5. The van der Waals surface area contributed by atoms with E-state index >= 15 is 0 Å². The van der Waals surface area contributed by atoms with Crippen molar-refractivity contribution in [2.75, 3.05) is 0 Å². The summed E-state index contributed by atoms with van der Waals surface area (Å²) in [5.74, 6) is 0.453. The van der Waals surface area contributed by atoms with Gasteiger partial charge in [0.2, 0.25) is 0 Å². The molecule has 1 N–H and O–H groups in total. The van der Waals surface area contributed by atoms with Crippen LogP contribution in [0.1, 0.15) is 5.76 Å². The van der Waals surface area contributed by atoms with Crippen LogP contribution in [0.5, 0.6) is 0 Å². The molecule has 0 saturated carbocycles. The standard InChI is InChI=1S/C11H9ClN2O3S/c12-9-3-5-11(6-4-9)18(15,16)14-13-8-10-2-1-7-17-10/h1-8,14H. The first-order valence-corrected chi connectivity index (χ1v) is 6.78. The van der Waals surface area contributed by atoms with E-state index in [1.54, 1.807) is 12.1 Å². The molecule has 1 aromatic carbocycles. The number of benzene rings is 1. The fraction of sp³-hybridized carbons (Fsp3) is 0. The van der Waals surface area contributed by atoms with Crippen LogP contribution in [0.15, 0.2) is 57.1 Å². The second-order valence-corrected chi connectivity index (χ2v) is 5.42. The lowest BCUT2D eigenvalue weighted by Crippen LogP contribution is -2.18. The Kier molecular flexibility index (Phi) is 3.69. The summed E-state index contributed by atoms with van der Waals surface area (Å²) in [7, 11) is -3.68. The molecular weight excluding hydrogens is 276 g/mol. The molecule has 1 aromatic heterocycles. The molecule has 94 valence electrons. The SMILES string of the molecule is O=S(=O)(NN=Cc1ccco1)c1ccc(Cl)cc1. The number of halogens is 1. The van der Waals surface area contributed by atoms with E-state index in [2.05, 4.69) is 9.93 Å². The summed E-state index contributed by atoms with van der Waals surface area (Å²) >= 11 is 5.68. The van der Waals surface area contributed by atoms with E-state index in [4.69, 9.17) is 16.0 Å². The van der Waals surface area contributed by atoms with Crippen molar-refractivity contribution in [3.05, 3.63) is 53.4 Å². The zero-order chi connectivity index (χ0) is 13.0. The minimum atomic E-state index is -3.68. The molecule has 0 aliphatic rings. The van der Waals surface area contributed by atoms with Crippen LogP contribution in [0.25, 0.3) is 0 Å². The number of nitrogens with zero attached hydrogens (tertiary/aromatic N) is 1. The predicted molar refractivity (Wildman–Crippen MR) is 68.1 cm³/mol. The molecule has 2 aromatic rings. The summed E-state index contributed by atoms with van der Waals surface area (Å²) in [6.07, 6.45) is 2.74. The van der Waals surface area contributed by atoms with Crippen LogP contribution in [-0.4, -0.2) is 14.6 Å². The number of nitrogens with one attached hydrogen (secondary N) is 1. The van der Waals surface area contributed by atoms with Crippen LogP contribution in [0.3, 0.4) is 0 Å². The first-order chi connectivity index (χ1) is 8.58. The Morgan fingerprint density at radius 3 is 2.56 bits per heavy atom. The molecule has 0 bridgehead atoms. The van der Waals surface area contributed by atoms with Gasteiger partial charge in [0.25, 0.3) is 10.0 Å². The molecular formula is C11H9ClN2O3S. The monoisotopic (exact) mass is 284 g/mol. The van der Waals surface area contributed by atoms with Gasteiger partial charge in [-0.2, -0.15) is 18.4 Å². The van der Waals surface area contributed by atoms with E-state index in [0.29, 0.717) is 10.8 Å². The van der Waals surface area contributed by atoms with Gasteiger partial charge in [0.1, 0.15) is 5.76 Å². The Bertz CT molecular complexity index is 633. The van der Waals surface area contributed by atoms with E-state index in [0.717, 1.165) is 0 Å². The molecule has 7 heteroatoms. The maximum absolute atomic E-state index is 11.8. The van der Waals surface area contributed by atoms with Crippen molar-refractivity contribution in [1.82, 2.24) is 4.83 Å². The lowest BCUT2D eigenvalue weighted by atomic mass is 10.4. The van der Waals surface area contributed by atoms with Crippen molar-refractivity contribution >= 4 is 27.8 Å². The third kappa shape index (κ3) is 3.12. The molecule has 0 fully saturated rings. The van der Waals surface area contributed by atoms with Crippen LogP contribution in [-0.2, 0) is 10.0 Å². The number of rotatable bonds is 4. The number of sulfonamides is 1. The Hall–Kier alpha value is -1.79. The molecule has 0 spiro atoms. The van der Waals surface area contributed by atoms with Gasteiger partial charge in [0, 0.05) is 5.02 Å². The predicted octanol–water partition coefficient (Wildman–Crippen LogP) is 2.25. The van der Waals surface area contributed by atoms with Gasteiger partial charge < -0.3 is 4.42 Å². The van der Waals surface area contributed by atoms with Crippen LogP contribution in [0.4, 0.5) is 0 Å². The van der Waals surface area contributed by atoms with Crippen LogP contribution < -0.4 is 4.83 Å². The molecule has 0 amide bonds. The normalized spacial score (nSPS) is 11.8. The Morgan fingerprint density at radius 2 is 1.94 bits per heavy atom. The van der Waals surface area contributed by atoms with E-state index in [-0.39, 0.29) is 4.90 Å². The van der Waals surface area contributed by atoms with Crippen molar-refractivity contribution in [2.45, 2.75) is 4.90 Å². The number of furan rings is 1. The van der Waals surface area contributed by atoms with E-state index in [9.17, 15) is 8.42 Å². The smallest absolute Gasteiger partial charge is 0.276 e. The van der Waals surface area contributed by atoms with Crippen molar-refractivity contribution < 1.29 is 12.8 Å². The maximum atomic E-state index is 11.8. The fourth-order valence-corrected chi connectivity index (χ4v) is 2.11. The van der Waals surface area contributed by atoms with Gasteiger partial charge in [-0.05, 0) is 36.4 Å². The first kappa shape index (κ1) is 12.7. The third-order valence-electron chi connectivity index (χ3n) is 2.03. The van der Waals surface area contributed by atoms with Crippen molar-refractivity contribution in [3.63, 3.8) is 0 Å². The molecule has 0 unspecified atom stereocenters. The summed E-state index contributed by atoms with van der Waals surface area (Å²) in [5.41, 5.74) is 0. The zero-order valence-electron chi connectivity index (χ0n) is 9.08. The molecule has 1 heterocycles. The highest BCUT2D eigenvalue weighted by Crippen LogP contribution is 2.13. The number of hydrogen-bond acceptors (Lipinski definition) is 4. The van der Waals surface area contributed by atoms with Crippen LogP contribution in [0, 0.1) is 0 Å². The number of hydrogen-bond donors (Lipinski definition) is 1. The lowest BCUT2D eigenvalue weighted by Gasteiger charge is -2.02. The van der Waals surface area contributed by atoms with Crippen molar-refractivity contribution in [3.8, 4) is 0 Å². The fourth-order valence-electron chi connectivity index (χ4n) is 1.19. The quantitative estimate of drug-likeness (QED) is 0.691. The molecule has 0 radical (unpaired) electrons. The van der Waals surface area contributed by atoms with Crippen LogP contribution in [0.2, 0.25) is 5.02 Å². The highest BCUT2D eigenvalue weighted by Gasteiger charge is 2.11. The van der Waals surface area contributed by atoms with Gasteiger partial charge in [-0.25, -0.2) is 0 Å². The largest absolute Gasteiger partial charge is 0.463 e. The molecule has 0 atom stereocenters. The van der Waals surface area contributed by atoms with Gasteiger partial charge in [-0.1, -0.05) is 11.6 Å². The van der Waals surface area contributed by atoms with Gasteiger partial charge in [-0.3, -0.25) is 0 Å². The van der Waals surface area contributed by atoms with Gasteiger partial charge in [-0.15, -0.1) is 0 Å². The average Bonchev–Trinajstić information content (AvgIpc) is 2.82. The highest BCUT2D eigenvalue weighted by molar-refractivity contribution is 7.89. The van der Waals surface area contributed by atoms with E-state index < -0.39 is 10.0 Å². The van der Waals surface area contributed by atoms with Crippen molar-refractivity contribution in [2.24, 2.45) is 5.10 Å². The van der Waals surface area contributed by atoms with E-state index in [1.807, 2.05) is 0 Å². The first-order valence-electron chi connectivity index (χ1n) is 4.92. The second-order valence-electron chi connectivity index (χ2n) is 3.32. The van der Waals surface area contributed by atoms with E-state index in [1.165, 1.54) is 36.7 Å². The second kappa shape index (κ2) is 5.24. The topological polar surface area (TPSA) is 71.7 Å². The summed E-state index contributed by atoms with van der Waals surface area (Å²) in [6, 6.07) is 9.11. The molecule has 0 saturated heterocycles. The van der Waals surface area contributed by atoms with Crippen molar-refractivity contribution in [1.29, 1.82) is 0 Å². The minimum Gasteiger partial charge on any atom is -0.463 e. The zero-order valence-corrected chi connectivity index (χ0v) is 10.6. The maximum Gasteiger partial charge on any atom is 0.276 e. The highest BCUT2D eigenvalue weighted by atomic mass is 35.5.